The highest BCUT2D eigenvalue weighted by Crippen LogP contribution is 2.24. The van der Waals surface area contributed by atoms with E-state index in [1.165, 1.54) is 31.4 Å². The van der Waals surface area contributed by atoms with Gasteiger partial charge in [-0.3, -0.25) is 4.90 Å². The maximum atomic E-state index is 13.9. The minimum atomic E-state index is -3.94. The first-order chi connectivity index (χ1) is 13.4. The number of hydrogen-bond donors (Lipinski definition) is 1. The van der Waals surface area contributed by atoms with Gasteiger partial charge in [0.15, 0.2) is 11.6 Å². The molecule has 9 heteroatoms. The zero-order valence-corrected chi connectivity index (χ0v) is 16.2. The number of benzene rings is 2. The van der Waals surface area contributed by atoms with Crippen molar-refractivity contribution in [3.05, 3.63) is 59.7 Å². The van der Waals surface area contributed by atoms with Gasteiger partial charge < -0.3 is 9.47 Å². The normalized spacial score (nSPS) is 16.7. The molecule has 0 aliphatic carbocycles. The predicted octanol–water partition coefficient (Wildman–Crippen LogP) is 2.33. The number of halogens is 2. The minimum Gasteiger partial charge on any atom is -0.494 e. The van der Waals surface area contributed by atoms with Crippen molar-refractivity contribution in [2.45, 2.75) is 10.9 Å². The summed E-state index contributed by atoms with van der Waals surface area (Å²) in [5, 5.41) is 0. The first kappa shape index (κ1) is 20.7. The second-order valence-electron chi connectivity index (χ2n) is 6.36. The summed E-state index contributed by atoms with van der Waals surface area (Å²) in [4.78, 5) is 1.89. The third-order valence-electron chi connectivity index (χ3n) is 4.64. The largest absolute Gasteiger partial charge is 0.494 e. The van der Waals surface area contributed by atoms with Crippen LogP contribution >= 0.6 is 0 Å². The van der Waals surface area contributed by atoms with E-state index < -0.39 is 15.8 Å². The van der Waals surface area contributed by atoms with Gasteiger partial charge >= 0.3 is 0 Å². The smallest absolute Gasteiger partial charge is 0.240 e. The number of morpholine rings is 1. The van der Waals surface area contributed by atoms with Crippen LogP contribution in [0.5, 0.6) is 5.75 Å². The molecule has 0 spiro atoms. The number of sulfonamides is 1. The van der Waals surface area contributed by atoms with E-state index in [9.17, 15) is 17.2 Å². The molecule has 0 radical (unpaired) electrons. The van der Waals surface area contributed by atoms with Gasteiger partial charge in [0.25, 0.3) is 0 Å². The number of rotatable bonds is 7. The second-order valence-corrected chi connectivity index (χ2v) is 8.13. The van der Waals surface area contributed by atoms with Gasteiger partial charge in [0.1, 0.15) is 5.82 Å². The molecule has 1 aliphatic rings. The Balaban J connectivity index is 1.80. The van der Waals surface area contributed by atoms with E-state index in [0.717, 1.165) is 11.6 Å². The highest BCUT2D eigenvalue weighted by atomic mass is 32.2. The minimum absolute atomic E-state index is 0.0311. The third kappa shape index (κ3) is 4.85. The van der Waals surface area contributed by atoms with Crippen LogP contribution in [0.4, 0.5) is 8.78 Å². The standard InChI is InChI=1S/C19H22F2N2O4S/c1-26-19-7-6-16(12-17(19)21)28(24,25)22-13-18(23-8-10-27-11-9-23)14-2-4-15(20)5-3-14/h2-7,12,18,22H,8-11,13H2,1H3/t18-/m1/s1. The Bertz CT molecular complexity index is 901. The molecule has 0 saturated carbocycles. The van der Waals surface area contributed by atoms with Crippen LogP contribution in [0, 0.1) is 11.6 Å². The summed E-state index contributed by atoms with van der Waals surface area (Å²) >= 11 is 0. The molecule has 1 aliphatic heterocycles. The lowest BCUT2D eigenvalue weighted by Gasteiger charge is -2.34. The number of nitrogens with zero attached hydrogens (tertiary/aromatic N) is 1. The molecule has 1 fully saturated rings. The van der Waals surface area contributed by atoms with Gasteiger partial charge in [-0.05, 0) is 35.9 Å². The topological polar surface area (TPSA) is 67.9 Å². The van der Waals surface area contributed by atoms with E-state index in [0.29, 0.717) is 26.3 Å². The van der Waals surface area contributed by atoms with Crippen molar-refractivity contribution in [1.82, 2.24) is 9.62 Å². The molecule has 0 unspecified atom stereocenters. The summed E-state index contributed by atoms with van der Waals surface area (Å²) in [7, 11) is -2.63. The van der Waals surface area contributed by atoms with Crippen LogP contribution in [0.25, 0.3) is 0 Å². The molecule has 0 aromatic heterocycles. The molecular formula is C19H22F2N2O4S. The van der Waals surface area contributed by atoms with Crippen LogP contribution in [0.15, 0.2) is 47.4 Å². The van der Waals surface area contributed by atoms with Crippen molar-refractivity contribution in [3.8, 4) is 5.75 Å². The van der Waals surface area contributed by atoms with Crippen molar-refractivity contribution in [3.63, 3.8) is 0 Å². The molecule has 1 heterocycles. The van der Waals surface area contributed by atoms with Crippen LogP contribution in [-0.4, -0.2) is 53.3 Å². The molecule has 2 aromatic carbocycles. The summed E-state index contributed by atoms with van der Waals surface area (Å²) in [5.74, 6) is -1.15. The lowest BCUT2D eigenvalue weighted by molar-refractivity contribution is 0.0172. The van der Waals surface area contributed by atoms with Gasteiger partial charge in [0.05, 0.1) is 25.2 Å². The molecule has 1 atom stereocenters. The van der Waals surface area contributed by atoms with Crippen LogP contribution in [0.1, 0.15) is 11.6 Å². The van der Waals surface area contributed by atoms with E-state index in [2.05, 4.69) is 9.62 Å². The fraction of sp³-hybridized carbons (Fsp3) is 0.368. The summed E-state index contributed by atoms with van der Waals surface area (Å²) in [5.41, 5.74) is 0.784. The average molecular weight is 412 g/mol. The van der Waals surface area contributed by atoms with Crippen LogP contribution in [-0.2, 0) is 14.8 Å². The summed E-state index contributed by atoms with van der Waals surface area (Å²) in [6.07, 6.45) is 0. The van der Waals surface area contributed by atoms with Crippen LogP contribution in [0.3, 0.4) is 0 Å². The summed E-state index contributed by atoms with van der Waals surface area (Å²) in [6.45, 7) is 2.38. The average Bonchev–Trinajstić information content (AvgIpc) is 2.70. The number of methoxy groups -OCH3 is 1. The maximum Gasteiger partial charge on any atom is 0.240 e. The zero-order chi connectivity index (χ0) is 20.1. The molecule has 1 saturated heterocycles. The van der Waals surface area contributed by atoms with Crippen molar-refractivity contribution in [1.29, 1.82) is 0 Å². The molecule has 0 amide bonds. The van der Waals surface area contributed by atoms with Crippen LogP contribution in [0.2, 0.25) is 0 Å². The Morgan fingerprint density at radius 2 is 1.82 bits per heavy atom. The summed E-state index contributed by atoms with van der Waals surface area (Å²) in [6, 6.07) is 9.13. The monoisotopic (exact) mass is 412 g/mol. The predicted molar refractivity (Wildman–Crippen MR) is 99.7 cm³/mol. The highest BCUT2D eigenvalue weighted by molar-refractivity contribution is 7.89. The van der Waals surface area contributed by atoms with Gasteiger partial charge in [-0.1, -0.05) is 12.1 Å². The van der Waals surface area contributed by atoms with Crippen molar-refractivity contribution in [2.75, 3.05) is 40.0 Å². The van der Waals surface area contributed by atoms with E-state index in [-0.39, 0.29) is 29.0 Å². The Kier molecular flexibility index (Phi) is 6.61. The number of hydrogen-bond acceptors (Lipinski definition) is 5. The molecule has 152 valence electrons. The fourth-order valence-electron chi connectivity index (χ4n) is 3.12. The molecule has 28 heavy (non-hydrogen) atoms. The zero-order valence-electron chi connectivity index (χ0n) is 15.4. The second kappa shape index (κ2) is 8.95. The van der Waals surface area contributed by atoms with E-state index in [1.807, 2.05) is 0 Å². The quantitative estimate of drug-likeness (QED) is 0.756. The van der Waals surface area contributed by atoms with Crippen molar-refractivity contribution in [2.24, 2.45) is 0 Å². The van der Waals surface area contributed by atoms with Gasteiger partial charge in [-0.15, -0.1) is 0 Å². The van der Waals surface area contributed by atoms with E-state index in [1.54, 1.807) is 12.1 Å². The molecular weight excluding hydrogens is 390 g/mol. The van der Waals surface area contributed by atoms with Gasteiger partial charge in [0, 0.05) is 25.7 Å². The van der Waals surface area contributed by atoms with Crippen molar-refractivity contribution >= 4 is 10.0 Å². The third-order valence-corrected chi connectivity index (χ3v) is 6.06. The highest BCUT2D eigenvalue weighted by Gasteiger charge is 2.25. The molecule has 1 N–H and O–H groups in total. The first-order valence-corrected chi connectivity index (χ1v) is 10.3. The Morgan fingerprint density at radius 3 is 2.43 bits per heavy atom. The number of ether oxygens (including phenoxy) is 2. The molecule has 3 rings (SSSR count). The lowest BCUT2D eigenvalue weighted by Crippen LogP contribution is -2.43. The maximum absolute atomic E-state index is 13.9. The Morgan fingerprint density at radius 1 is 1.14 bits per heavy atom. The molecule has 6 nitrogen and oxygen atoms in total. The Hall–Kier alpha value is -2.07. The SMILES string of the molecule is COc1ccc(S(=O)(=O)NC[C@H](c2ccc(F)cc2)N2CCOCC2)cc1F. The number of nitrogens with one attached hydrogen (secondary N) is 1. The lowest BCUT2D eigenvalue weighted by atomic mass is 10.0. The van der Waals surface area contributed by atoms with Crippen LogP contribution < -0.4 is 9.46 Å². The van der Waals surface area contributed by atoms with Gasteiger partial charge in [-0.2, -0.15) is 0 Å². The molecule has 0 bridgehead atoms. The van der Waals surface area contributed by atoms with E-state index >= 15 is 0 Å². The first-order valence-electron chi connectivity index (χ1n) is 8.81. The molecule has 2 aromatic rings. The van der Waals surface area contributed by atoms with E-state index in [4.69, 9.17) is 9.47 Å². The fourth-order valence-corrected chi connectivity index (χ4v) is 4.17. The van der Waals surface area contributed by atoms with Gasteiger partial charge in [-0.25, -0.2) is 21.9 Å². The van der Waals surface area contributed by atoms with Gasteiger partial charge in [0.2, 0.25) is 10.0 Å². The van der Waals surface area contributed by atoms with Crippen molar-refractivity contribution < 1.29 is 26.7 Å². The Labute approximate surface area is 163 Å². The summed E-state index contributed by atoms with van der Waals surface area (Å²) < 4.78 is 65.2.